The Morgan fingerprint density at radius 2 is 2.05 bits per heavy atom. The summed E-state index contributed by atoms with van der Waals surface area (Å²) in [7, 11) is 3.95. The highest BCUT2D eigenvalue weighted by molar-refractivity contribution is 5.36. The third kappa shape index (κ3) is 4.22. The number of nitrogens with zero attached hydrogens (tertiary/aromatic N) is 1. The molecule has 0 radical (unpaired) electrons. The van der Waals surface area contributed by atoms with Crippen LogP contribution in [0.4, 0.5) is 0 Å². The number of hydrogen-bond acceptors (Lipinski definition) is 3. The van der Waals surface area contributed by atoms with Crippen molar-refractivity contribution in [1.82, 2.24) is 10.2 Å². The first-order valence-corrected chi connectivity index (χ1v) is 7.22. The Bertz CT molecular complexity index is 398. The van der Waals surface area contributed by atoms with Crippen molar-refractivity contribution in [3.8, 4) is 5.75 Å². The molecule has 3 heteroatoms. The van der Waals surface area contributed by atoms with Crippen molar-refractivity contribution in [3.05, 3.63) is 29.3 Å². The number of likely N-dealkylation sites (tertiary alicyclic amines) is 1. The second-order valence-electron chi connectivity index (χ2n) is 5.69. The summed E-state index contributed by atoms with van der Waals surface area (Å²) >= 11 is 0. The summed E-state index contributed by atoms with van der Waals surface area (Å²) in [5.74, 6) is 1.81. The second-order valence-corrected chi connectivity index (χ2v) is 5.69. The van der Waals surface area contributed by atoms with E-state index in [0.717, 1.165) is 24.8 Å². The SMILES string of the molecule is COc1ccc(C)cc1CNCC1CCN(C)CC1. The van der Waals surface area contributed by atoms with E-state index in [4.69, 9.17) is 4.74 Å². The molecule has 2 rings (SSSR count). The minimum atomic E-state index is 0.826. The van der Waals surface area contributed by atoms with Gasteiger partial charge in [0.1, 0.15) is 5.75 Å². The van der Waals surface area contributed by atoms with Gasteiger partial charge in [-0.15, -0.1) is 0 Å². The molecular weight excluding hydrogens is 236 g/mol. The Labute approximate surface area is 116 Å². The van der Waals surface area contributed by atoms with Gasteiger partial charge in [-0.1, -0.05) is 17.7 Å². The molecule has 0 aliphatic carbocycles. The maximum Gasteiger partial charge on any atom is 0.123 e. The fourth-order valence-corrected chi connectivity index (χ4v) is 2.72. The molecule has 0 atom stereocenters. The summed E-state index contributed by atoms with van der Waals surface area (Å²) in [5, 5.41) is 3.59. The van der Waals surface area contributed by atoms with E-state index in [1.165, 1.54) is 37.1 Å². The monoisotopic (exact) mass is 262 g/mol. The van der Waals surface area contributed by atoms with Crippen LogP contribution in [0.25, 0.3) is 0 Å². The molecular formula is C16H26N2O. The van der Waals surface area contributed by atoms with Gasteiger partial charge >= 0.3 is 0 Å². The van der Waals surface area contributed by atoms with Gasteiger partial charge < -0.3 is 15.0 Å². The van der Waals surface area contributed by atoms with Crippen LogP contribution >= 0.6 is 0 Å². The molecule has 106 valence electrons. The smallest absolute Gasteiger partial charge is 0.123 e. The van der Waals surface area contributed by atoms with E-state index in [-0.39, 0.29) is 0 Å². The van der Waals surface area contributed by atoms with E-state index in [2.05, 4.69) is 42.4 Å². The number of benzene rings is 1. The van der Waals surface area contributed by atoms with E-state index < -0.39 is 0 Å². The summed E-state index contributed by atoms with van der Waals surface area (Å²) in [6.45, 7) is 6.61. The maximum atomic E-state index is 5.41. The van der Waals surface area contributed by atoms with Gasteiger partial charge in [-0.3, -0.25) is 0 Å². The maximum absolute atomic E-state index is 5.41. The number of piperidine rings is 1. The first-order chi connectivity index (χ1) is 9.19. The van der Waals surface area contributed by atoms with E-state index >= 15 is 0 Å². The van der Waals surface area contributed by atoms with Gasteiger partial charge in [-0.2, -0.15) is 0 Å². The van der Waals surface area contributed by atoms with Crippen LogP contribution < -0.4 is 10.1 Å². The van der Waals surface area contributed by atoms with Crippen LogP contribution in [0.2, 0.25) is 0 Å². The zero-order valence-corrected chi connectivity index (χ0v) is 12.4. The Morgan fingerprint density at radius 3 is 2.74 bits per heavy atom. The molecule has 1 fully saturated rings. The van der Waals surface area contributed by atoms with E-state index in [0.29, 0.717) is 0 Å². The molecule has 1 heterocycles. The lowest BCUT2D eigenvalue weighted by Gasteiger charge is -2.29. The van der Waals surface area contributed by atoms with Gasteiger partial charge in [-0.05, 0) is 58.4 Å². The summed E-state index contributed by atoms with van der Waals surface area (Å²) < 4.78 is 5.41. The molecule has 1 saturated heterocycles. The lowest BCUT2D eigenvalue weighted by atomic mass is 9.97. The van der Waals surface area contributed by atoms with Crippen LogP contribution in [-0.4, -0.2) is 38.7 Å². The van der Waals surface area contributed by atoms with Crippen molar-refractivity contribution in [2.45, 2.75) is 26.3 Å². The molecule has 0 amide bonds. The predicted octanol–water partition coefficient (Wildman–Crippen LogP) is 2.44. The summed E-state index contributed by atoms with van der Waals surface area (Å²) in [5.41, 5.74) is 2.55. The molecule has 1 aromatic rings. The first-order valence-electron chi connectivity index (χ1n) is 7.22. The lowest BCUT2D eigenvalue weighted by molar-refractivity contribution is 0.216. The number of ether oxygens (including phenoxy) is 1. The number of aryl methyl sites for hydroxylation is 1. The van der Waals surface area contributed by atoms with Gasteiger partial charge in [0, 0.05) is 12.1 Å². The third-order valence-corrected chi connectivity index (χ3v) is 4.02. The van der Waals surface area contributed by atoms with Crippen molar-refractivity contribution >= 4 is 0 Å². The summed E-state index contributed by atoms with van der Waals surface area (Å²) in [4.78, 5) is 2.42. The van der Waals surface area contributed by atoms with Gasteiger partial charge in [0.15, 0.2) is 0 Å². The third-order valence-electron chi connectivity index (χ3n) is 4.02. The van der Waals surface area contributed by atoms with Crippen LogP contribution in [-0.2, 0) is 6.54 Å². The van der Waals surface area contributed by atoms with Gasteiger partial charge in [0.05, 0.1) is 7.11 Å². The van der Waals surface area contributed by atoms with Gasteiger partial charge in [0.2, 0.25) is 0 Å². The normalized spacial score (nSPS) is 17.6. The largest absolute Gasteiger partial charge is 0.496 e. The minimum absolute atomic E-state index is 0.826. The topological polar surface area (TPSA) is 24.5 Å². The molecule has 1 aromatic carbocycles. The van der Waals surface area contributed by atoms with E-state index in [9.17, 15) is 0 Å². The van der Waals surface area contributed by atoms with Crippen LogP contribution in [0.3, 0.4) is 0 Å². The molecule has 1 aliphatic rings. The molecule has 0 unspecified atom stereocenters. The number of methoxy groups -OCH3 is 1. The molecule has 0 spiro atoms. The average molecular weight is 262 g/mol. The predicted molar refractivity (Wildman–Crippen MR) is 79.7 cm³/mol. The zero-order valence-electron chi connectivity index (χ0n) is 12.4. The van der Waals surface area contributed by atoms with Crippen LogP contribution in [0.5, 0.6) is 5.75 Å². The molecule has 0 bridgehead atoms. The fourth-order valence-electron chi connectivity index (χ4n) is 2.72. The van der Waals surface area contributed by atoms with Crippen LogP contribution in [0.15, 0.2) is 18.2 Å². The second kappa shape index (κ2) is 6.92. The number of hydrogen-bond donors (Lipinski definition) is 1. The van der Waals surface area contributed by atoms with Gasteiger partial charge in [-0.25, -0.2) is 0 Å². The lowest BCUT2D eigenvalue weighted by Crippen LogP contribution is -2.34. The average Bonchev–Trinajstić information content (AvgIpc) is 2.41. The molecule has 19 heavy (non-hydrogen) atoms. The fraction of sp³-hybridized carbons (Fsp3) is 0.625. The van der Waals surface area contributed by atoms with Crippen molar-refractivity contribution in [1.29, 1.82) is 0 Å². The highest BCUT2D eigenvalue weighted by Crippen LogP contribution is 2.20. The Morgan fingerprint density at radius 1 is 1.32 bits per heavy atom. The van der Waals surface area contributed by atoms with Crippen LogP contribution in [0, 0.1) is 12.8 Å². The van der Waals surface area contributed by atoms with Crippen molar-refractivity contribution in [2.24, 2.45) is 5.92 Å². The minimum Gasteiger partial charge on any atom is -0.496 e. The summed E-state index contributed by atoms with van der Waals surface area (Å²) in [6, 6.07) is 6.36. The Kier molecular flexibility index (Phi) is 5.23. The van der Waals surface area contributed by atoms with Crippen LogP contribution in [0.1, 0.15) is 24.0 Å². The number of rotatable bonds is 5. The summed E-state index contributed by atoms with van der Waals surface area (Å²) in [6.07, 6.45) is 2.63. The van der Waals surface area contributed by atoms with Crippen molar-refractivity contribution in [3.63, 3.8) is 0 Å². The van der Waals surface area contributed by atoms with Gasteiger partial charge in [0.25, 0.3) is 0 Å². The molecule has 0 aromatic heterocycles. The Balaban J connectivity index is 1.80. The first kappa shape index (κ1) is 14.4. The molecule has 1 aliphatic heterocycles. The van der Waals surface area contributed by atoms with Crippen molar-refractivity contribution < 1.29 is 4.74 Å². The zero-order chi connectivity index (χ0) is 13.7. The molecule has 3 nitrogen and oxygen atoms in total. The molecule has 1 N–H and O–H groups in total. The highest BCUT2D eigenvalue weighted by Gasteiger charge is 2.16. The number of nitrogens with one attached hydrogen (secondary N) is 1. The highest BCUT2D eigenvalue weighted by atomic mass is 16.5. The Hall–Kier alpha value is -1.06. The van der Waals surface area contributed by atoms with E-state index in [1.807, 2.05) is 0 Å². The molecule has 0 saturated carbocycles. The standard InChI is InChI=1S/C16H26N2O/c1-13-4-5-16(19-3)15(10-13)12-17-11-14-6-8-18(2)9-7-14/h4-5,10,14,17H,6-9,11-12H2,1-3H3. The van der Waals surface area contributed by atoms with Crippen molar-refractivity contribution in [2.75, 3.05) is 33.8 Å². The quantitative estimate of drug-likeness (QED) is 0.882. The van der Waals surface area contributed by atoms with E-state index in [1.54, 1.807) is 7.11 Å².